The van der Waals surface area contributed by atoms with Gasteiger partial charge in [-0.05, 0) is 12.8 Å². The molecule has 1 heterocycles. The second-order valence-electron chi connectivity index (χ2n) is 3.63. The van der Waals surface area contributed by atoms with Crippen molar-refractivity contribution >= 4 is 23.4 Å². The lowest BCUT2D eigenvalue weighted by Gasteiger charge is -2.36. The summed E-state index contributed by atoms with van der Waals surface area (Å²) in [6, 6.07) is 0. The Bertz CT molecular complexity index is 318. The van der Waals surface area contributed by atoms with E-state index in [4.69, 9.17) is 17.3 Å². The van der Waals surface area contributed by atoms with Gasteiger partial charge in [-0.1, -0.05) is 18.2 Å². The van der Waals surface area contributed by atoms with E-state index in [1.54, 1.807) is 0 Å². The number of rotatable bonds is 2. The number of piperidine rings is 1. The molecule has 0 bridgehead atoms. The van der Waals surface area contributed by atoms with Gasteiger partial charge in [0.15, 0.2) is 5.60 Å². The van der Waals surface area contributed by atoms with Crippen LogP contribution in [-0.2, 0) is 9.59 Å². The Labute approximate surface area is 92.5 Å². The van der Waals surface area contributed by atoms with Crippen LogP contribution in [0.5, 0.6) is 0 Å². The third-order valence-electron chi connectivity index (χ3n) is 2.45. The van der Waals surface area contributed by atoms with Gasteiger partial charge < -0.3 is 15.7 Å². The molecule has 84 valence electrons. The molecule has 1 fully saturated rings. The van der Waals surface area contributed by atoms with Crippen LogP contribution in [0.3, 0.4) is 0 Å². The molecule has 1 unspecified atom stereocenters. The Balaban J connectivity index is 2.76. The first-order valence-corrected chi connectivity index (χ1v) is 4.90. The van der Waals surface area contributed by atoms with E-state index in [2.05, 4.69) is 6.58 Å². The van der Waals surface area contributed by atoms with Crippen molar-refractivity contribution in [3.63, 3.8) is 0 Å². The van der Waals surface area contributed by atoms with Crippen molar-refractivity contribution in [3.8, 4) is 0 Å². The summed E-state index contributed by atoms with van der Waals surface area (Å²) < 4.78 is 0. The molecular weight excluding hydrogens is 220 g/mol. The fourth-order valence-electron chi connectivity index (χ4n) is 1.58. The molecule has 0 aromatic carbocycles. The summed E-state index contributed by atoms with van der Waals surface area (Å²) in [6.07, 6.45) is 0.774. The second kappa shape index (κ2) is 4.20. The van der Waals surface area contributed by atoms with E-state index in [-0.39, 0.29) is 18.0 Å². The summed E-state index contributed by atoms with van der Waals surface area (Å²) in [7, 11) is 0. The number of halogens is 1. The highest BCUT2D eigenvalue weighted by atomic mass is 35.5. The smallest absolute Gasteiger partial charge is 0.264 e. The van der Waals surface area contributed by atoms with Gasteiger partial charge in [0.1, 0.15) is 0 Å². The summed E-state index contributed by atoms with van der Waals surface area (Å²) in [5.74, 6) is -1.30. The van der Waals surface area contributed by atoms with Gasteiger partial charge in [0.2, 0.25) is 0 Å². The van der Waals surface area contributed by atoms with Crippen molar-refractivity contribution in [3.05, 3.63) is 11.6 Å². The van der Waals surface area contributed by atoms with Crippen molar-refractivity contribution in [2.24, 2.45) is 5.73 Å². The number of β-amino-alcohol motifs (C(OH)–C–C–N with tert-alkyl or cyclic N) is 1. The van der Waals surface area contributed by atoms with Crippen LogP contribution in [0, 0.1) is 0 Å². The van der Waals surface area contributed by atoms with E-state index >= 15 is 0 Å². The molecule has 0 aromatic rings. The van der Waals surface area contributed by atoms with Crippen molar-refractivity contribution in [1.82, 2.24) is 4.90 Å². The SMILES string of the molecule is C=C(Cl)C(=O)N1CCCC(O)(C(N)=O)C1. The fourth-order valence-corrected chi connectivity index (χ4v) is 1.70. The lowest BCUT2D eigenvalue weighted by Crippen LogP contribution is -2.57. The van der Waals surface area contributed by atoms with Crippen molar-refractivity contribution in [2.45, 2.75) is 18.4 Å². The number of primary amides is 1. The maximum absolute atomic E-state index is 11.4. The van der Waals surface area contributed by atoms with Crippen LogP contribution in [0.25, 0.3) is 0 Å². The van der Waals surface area contributed by atoms with Gasteiger partial charge in [-0.25, -0.2) is 0 Å². The number of carbonyl (C=O) groups is 2. The van der Waals surface area contributed by atoms with E-state index in [0.717, 1.165) is 0 Å². The number of aliphatic hydroxyl groups is 1. The van der Waals surface area contributed by atoms with Crippen LogP contribution in [-0.4, -0.2) is 40.5 Å². The molecule has 0 saturated carbocycles. The van der Waals surface area contributed by atoms with Gasteiger partial charge in [-0.2, -0.15) is 0 Å². The molecule has 3 N–H and O–H groups in total. The lowest BCUT2D eigenvalue weighted by atomic mass is 9.92. The zero-order valence-corrected chi connectivity index (χ0v) is 8.96. The number of amides is 2. The maximum atomic E-state index is 11.4. The van der Waals surface area contributed by atoms with Gasteiger partial charge in [0, 0.05) is 6.54 Å². The first kappa shape index (κ1) is 12.0. The Morgan fingerprint density at radius 3 is 2.60 bits per heavy atom. The Kier molecular flexibility index (Phi) is 3.36. The molecule has 1 aliphatic heterocycles. The Morgan fingerprint density at radius 1 is 1.53 bits per heavy atom. The minimum Gasteiger partial charge on any atom is -0.378 e. The molecule has 0 spiro atoms. The lowest BCUT2D eigenvalue weighted by molar-refractivity contribution is -0.147. The molecule has 0 aromatic heterocycles. The highest BCUT2D eigenvalue weighted by Crippen LogP contribution is 2.22. The zero-order chi connectivity index (χ0) is 11.6. The number of hydrogen-bond acceptors (Lipinski definition) is 3. The highest BCUT2D eigenvalue weighted by molar-refractivity contribution is 6.41. The minimum atomic E-state index is -1.64. The molecule has 1 aliphatic rings. The molecule has 0 aliphatic carbocycles. The average molecular weight is 233 g/mol. The fraction of sp³-hybridized carbons (Fsp3) is 0.556. The third kappa shape index (κ3) is 2.49. The summed E-state index contributed by atoms with van der Waals surface area (Å²) in [6.45, 7) is 3.63. The minimum absolute atomic E-state index is 0.118. The summed E-state index contributed by atoms with van der Waals surface area (Å²) in [5.41, 5.74) is 3.42. The Morgan fingerprint density at radius 2 is 2.13 bits per heavy atom. The first-order valence-electron chi connectivity index (χ1n) is 4.53. The molecular formula is C9H13ClN2O3. The third-order valence-corrected chi connectivity index (χ3v) is 2.61. The molecule has 1 saturated heterocycles. The van der Waals surface area contributed by atoms with Crippen LogP contribution < -0.4 is 5.73 Å². The molecule has 15 heavy (non-hydrogen) atoms. The standard InChI is InChI=1S/C9H13ClN2O3/c1-6(10)7(13)12-4-2-3-9(15,5-12)8(11)14/h15H,1-5H2,(H2,11,14). The van der Waals surface area contributed by atoms with Gasteiger partial charge >= 0.3 is 0 Å². The normalized spacial score (nSPS) is 26.1. The van der Waals surface area contributed by atoms with Crippen molar-refractivity contribution < 1.29 is 14.7 Å². The van der Waals surface area contributed by atoms with E-state index < -0.39 is 17.4 Å². The van der Waals surface area contributed by atoms with Gasteiger partial charge in [-0.15, -0.1) is 0 Å². The second-order valence-corrected chi connectivity index (χ2v) is 4.09. The van der Waals surface area contributed by atoms with E-state index in [1.807, 2.05) is 0 Å². The van der Waals surface area contributed by atoms with Crippen LogP contribution in [0.15, 0.2) is 11.6 Å². The van der Waals surface area contributed by atoms with Gasteiger partial charge in [0.25, 0.3) is 11.8 Å². The maximum Gasteiger partial charge on any atom is 0.264 e. The van der Waals surface area contributed by atoms with Gasteiger partial charge in [-0.3, -0.25) is 9.59 Å². The summed E-state index contributed by atoms with van der Waals surface area (Å²) in [5, 5.41) is 9.67. The topological polar surface area (TPSA) is 83.6 Å². The molecule has 1 atom stereocenters. The molecule has 6 heteroatoms. The van der Waals surface area contributed by atoms with Gasteiger partial charge in [0.05, 0.1) is 11.6 Å². The summed E-state index contributed by atoms with van der Waals surface area (Å²) >= 11 is 5.45. The first-order chi connectivity index (χ1) is 6.87. The molecule has 1 rings (SSSR count). The van der Waals surface area contributed by atoms with Crippen molar-refractivity contribution in [2.75, 3.05) is 13.1 Å². The number of carbonyl (C=O) groups excluding carboxylic acids is 2. The quantitative estimate of drug-likeness (QED) is 0.634. The zero-order valence-electron chi connectivity index (χ0n) is 8.20. The Hall–Kier alpha value is -1.07. The predicted octanol–water partition coefficient (Wildman–Crippen LogP) is -0.422. The number of hydrogen-bond donors (Lipinski definition) is 2. The average Bonchev–Trinajstić information content (AvgIpc) is 2.16. The number of nitrogens with zero attached hydrogens (tertiary/aromatic N) is 1. The number of likely N-dealkylation sites (tertiary alicyclic amines) is 1. The molecule has 2 amide bonds. The van der Waals surface area contributed by atoms with Crippen LogP contribution in [0.4, 0.5) is 0 Å². The molecule has 0 radical (unpaired) electrons. The van der Waals surface area contributed by atoms with Crippen LogP contribution >= 0.6 is 11.6 Å². The van der Waals surface area contributed by atoms with Crippen LogP contribution in [0.1, 0.15) is 12.8 Å². The summed E-state index contributed by atoms with van der Waals surface area (Å²) in [4.78, 5) is 23.7. The van der Waals surface area contributed by atoms with Crippen molar-refractivity contribution in [1.29, 1.82) is 0 Å². The monoisotopic (exact) mass is 232 g/mol. The van der Waals surface area contributed by atoms with E-state index in [0.29, 0.717) is 13.0 Å². The number of nitrogens with two attached hydrogens (primary N) is 1. The predicted molar refractivity (Wildman–Crippen MR) is 55.0 cm³/mol. The van der Waals surface area contributed by atoms with E-state index in [9.17, 15) is 14.7 Å². The largest absolute Gasteiger partial charge is 0.378 e. The van der Waals surface area contributed by atoms with E-state index in [1.165, 1.54) is 4.90 Å². The molecule has 5 nitrogen and oxygen atoms in total. The van der Waals surface area contributed by atoms with Crippen LogP contribution in [0.2, 0.25) is 0 Å². The highest BCUT2D eigenvalue weighted by Gasteiger charge is 2.40.